The van der Waals surface area contributed by atoms with Crippen molar-refractivity contribution in [1.29, 1.82) is 0 Å². The average molecular weight is 151 g/mol. The summed E-state index contributed by atoms with van der Waals surface area (Å²) in [4.78, 5) is 0. The van der Waals surface area contributed by atoms with Crippen molar-refractivity contribution in [1.82, 2.24) is 0 Å². The summed E-state index contributed by atoms with van der Waals surface area (Å²) in [5.41, 5.74) is 5.22. The summed E-state index contributed by atoms with van der Waals surface area (Å²) in [6.45, 7) is 0. The van der Waals surface area contributed by atoms with Gasteiger partial charge in [0.15, 0.2) is 0 Å². The number of aliphatic hydroxyl groups is 1. The average Bonchev–Trinajstić information content (AvgIpc) is 1.83. The zero-order valence-electron chi connectivity index (χ0n) is 5.56. The summed E-state index contributed by atoms with van der Waals surface area (Å²) in [6.07, 6.45) is -0.967. The van der Waals surface area contributed by atoms with Gasteiger partial charge in [-0.25, -0.2) is 8.78 Å². The Labute approximate surface area is 58.0 Å². The van der Waals surface area contributed by atoms with Crippen molar-refractivity contribution in [3.05, 3.63) is 0 Å². The second kappa shape index (κ2) is 2.43. The lowest BCUT2D eigenvalue weighted by Crippen LogP contribution is -2.50. The largest absolute Gasteiger partial charge is 0.385 e. The highest BCUT2D eigenvalue weighted by Gasteiger charge is 2.44. The van der Waals surface area contributed by atoms with Crippen LogP contribution in [0.2, 0.25) is 0 Å². The first-order chi connectivity index (χ1) is 4.54. The molecule has 0 bridgehead atoms. The van der Waals surface area contributed by atoms with Gasteiger partial charge in [0.1, 0.15) is 6.10 Å². The predicted octanol–water partition coefficient (Wildman–Crippen LogP) is 0.494. The van der Waals surface area contributed by atoms with Crippen LogP contribution in [0.15, 0.2) is 0 Å². The molecule has 0 heterocycles. The summed E-state index contributed by atoms with van der Waals surface area (Å²) >= 11 is 0. The first kappa shape index (κ1) is 7.88. The van der Waals surface area contributed by atoms with E-state index in [4.69, 9.17) is 10.8 Å². The molecule has 1 saturated carbocycles. The maximum Gasteiger partial charge on any atom is 0.274 e. The van der Waals surface area contributed by atoms with Crippen LogP contribution in [0.1, 0.15) is 19.3 Å². The SMILES string of the molecule is N[C@@H]1CCCC(F)(F)C1O. The van der Waals surface area contributed by atoms with Crippen LogP contribution < -0.4 is 5.73 Å². The van der Waals surface area contributed by atoms with E-state index >= 15 is 0 Å². The Balaban J connectivity index is 2.60. The third kappa shape index (κ3) is 1.27. The van der Waals surface area contributed by atoms with Crippen molar-refractivity contribution in [2.75, 3.05) is 0 Å². The van der Waals surface area contributed by atoms with E-state index in [1.54, 1.807) is 0 Å². The Morgan fingerprint density at radius 3 is 2.50 bits per heavy atom. The molecule has 1 fully saturated rings. The molecular weight excluding hydrogens is 140 g/mol. The van der Waals surface area contributed by atoms with Crippen LogP contribution in [-0.2, 0) is 0 Å². The van der Waals surface area contributed by atoms with Gasteiger partial charge in [0, 0.05) is 12.5 Å². The fourth-order valence-electron chi connectivity index (χ4n) is 1.19. The Kier molecular flexibility index (Phi) is 1.92. The molecule has 3 N–H and O–H groups in total. The number of hydrogen-bond acceptors (Lipinski definition) is 2. The lowest BCUT2D eigenvalue weighted by molar-refractivity contribution is -0.138. The minimum absolute atomic E-state index is 0.234. The van der Waals surface area contributed by atoms with E-state index in [2.05, 4.69) is 0 Å². The Bertz CT molecular complexity index is 129. The van der Waals surface area contributed by atoms with Gasteiger partial charge in [0.05, 0.1) is 0 Å². The number of halogens is 2. The third-order valence-corrected chi connectivity index (χ3v) is 1.89. The second-order valence-corrected chi connectivity index (χ2v) is 2.76. The van der Waals surface area contributed by atoms with Crippen molar-refractivity contribution >= 4 is 0 Å². The standard InChI is InChI=1S/C6H11F2NO/c7-6(8)3-1-2-4(9)5(6)10/h4-5,10H,1-3,9H2/t4-,5?/m1/s1. The van der Waals surface area contributed by atoms with E-state index in [-0.39, 0.29) is 6.42 Å². The molecule has 4 heteroatoms. The quantitative estimate of drug-likeness (QED) is 0.529. The van der Waals surface area contributed by atoms with Crippen LogP contribution in [0, 0.1) is 0 Å². The monoisotopic (exact) mass is 151 g/mol. The highest BCUT2D eigenvalue weighted by Crippen LogP contribution is 2.32. The molecule has 0 aromatic carbocycles. The normalized spacial score (nSPS) is 39.6. The van der Waals surface area contributed by atoms with Gasteiger partial charge in [-0.2, -0.15) is 0 Å². The van der Waals surface area contributed by atoms with Gasteiger partial charge in [-0.05, 0) is 12.8 Å². The van der Waals surface area contributed by atoms with Crippen molar-refractivity contribution in [2.24, 2.45) is 5.73 Å². The maximum absolute atomic E-state index is 12.5. The molecule has 0 aliphatic heterocycles. The summed E-state index contributed by atoms with van der Waals surface area (Å²) in [5, 5.41) is 8.83. The van der Waals surface area contributed by atoms with Crippen LogP contribution in [0.3, 0.4) is 0 Å². The lowest BCUT2D eigenvalue weighted by atomic mass is 9.90. The van der Waals surface area contributed by atoms with Gasteiger partial charge in [-0.15, -0.1) is 0 Å². The van der Waals surface area contributed by atoms with Gasteiger partial charge < -0.3 is 10.8 Å². The molecule has 2 nitrogen and oxygen atoms in total. The molecule has 1 unspecified atom stereocenters. The zero-order chi connectivity index (χ0) is 7.78. The van der Waals surface area contributed by atoms with Gasteiger partial charge in [-0.1, -0.05) is 0 Å². The van der Waals surface area contributed by atoms with Gasteiger partial charge in [0.2, 0.25) is 0 Å². The smallest absolute Gasteiger partial charge is 0.274 e. The lowest BCUT2D eigenvalue weighted by Gasteiger charge is -2.31. The predicted molar refractivity (Wildman–Crippen MR) is 32.8 cm³/mol. The third-order valence-electron chi connectivity index (χ3n) is 1.89. The molecule has 0 amide bonds. The molecule has 1 rings (SSSR count). The minimum atomic E-state index is -2.96. The van der Waals surface area contributed by atoms with Crippen molar-refractivity contribution in [2.45, 2.75) is 37.3 Å². The second-order valence-electron chi connectivity index (χ2n) is 2.76. The fraction of sp³-hybridized carbons (Fsp3) is 1.00. The van der Waals surface area contributed by atoms with Crippen LogP contribution in [0.4, 0.5) is 8.78 Å². The molecule has 2 atom stereocenters. The van der Waals surface area contributed by atoms with Crippen molar-refractivity contribution < 1.29 is 13.9 Å². The van der Waals surface area contributed by atoms with E-state index in [1.807, 2.05) is 0 Å². The van der Waals surface area contributed by atoms with Crippen LogP contribution in [-0.4, -0.2) is 23.2 Å². The molecule has 1 aliphatic rings. The first-order valence-electron chi connectivity index (χ1n) is 3.35. The number of hydrogen-bond donors (Lipinski definition) is 2. The first-order valence-corrected chi connectivity index (χ1v) is 3.35. The number of alkyl halides is 2. The van der Waals surface area contributed by atoms with Crippen LogP contribution in [0.25, 0.3) is 0 Å². The highest BCUT2D eigenvalue weighted by atomic mass is 19.3. The summed E-state index contributed by atoms with van der Waals surface area (Å²) < 4.78 is 25.0. The van der Waals surface area contributed by atoms with Gasteiger partial charge in [-0.3, -0.25) is 0 Å². The molecule has 0 spiro atoms. The van der Waals surface area contributed by atoms with Crippen LogP contribution >= 0.6 is 0 Å². The van der Waals surface area contributed by atoms with E-state index in [1.165, 1.54) is 0 Å². The summed E-state index contributed by atoms with van der Waals surface area (Å²) in [7, 11) is 0. The van der Waals surface area contributed by atoms with Crippen molar-refractivity contribution in [3.63, 3.8) is 0 Å². The van der Waals surface area contributed by atoms with Crippen LogP contribution in [0.5, 0.6) is 0 Å². The molecule has 0 radical (unpaired) electrons. The Morgan fingerprint density at radius 2 is 2.10 bits per heavy atom. The molecular formula is C6H11F2NO. The molecule has 0 aromatic heterocycles. The minimum Gasteiger partial charge on any atom is -0.385 e. The Hall–Kier alpha value is -0.220. The van der Waals surface area contributed by atoms with E-state index in [0.29, 0.717) is 12.8 Å². The topological polar surface area (TPSA) is 46.2 Å². The van der Waals surface area contributed by atoms with Gasteiger partial charge >= 0.3 is 0 Å². The molecule has 0 saturated heterocycles. The number of nitrogens with two attached hydrogens (primary N) is 1. The maximum atomic E-state index is 12.5. The molecule has 60 valence electrons. The van der Waals surface area contributed by atoms with E-state index in [9.17, 15) is 8.78 Å². The Morgan fingerprint density at radius 1 is 1.50 bits per heavy atom. The molecule has 0 aromatic rings. The van der Waals surface area contributed by atoms with E-state index < -0.39 is 18.1 Å². The molecule has 1 aliphatic carbocycles. The number of aliphatic hydroxyl groups excluding tert-OH is 1. The zero-order valence-corrected chi connectivity index (χ0v) is 5.56. The summed E-state index contributed by atoms with van der Waals surface area (Å²) in [6, 6.07) is -0.747. The molecule has 10 heavy (non-hydrogen) atoms. The highest BCUT2D eigenvalue weighted by molar-refractivity contribution is 4.89. The van der Waals surface area contributed by atoms with Crippen molar-refractivity contribution in [3.8, 4) is 0 Å². The number of rotatable bonds is 0. The van der Waals surface area contributed by atoms with E-state index in [0.717, 1.165) is 0 Å². The summed E-state index contributed by atoms with van der Waals surface area (Å²) in [5.74, 6) is -2.96. The fourth-order valence-corrected chi connectivity index (χ4v) is 1.19. The van der Waals surface area contributed by atoms with Gasteiger partial charge in [0.25, 0.3) is 5.92 Å².